The lowest BCUT2D eigenvalue weighted by atomic mass is 10.1. The van der Waals surface area contributed by atoms with Crippen LogP contribution in [0.2, 0.25) is 0 Å². The van der Waals surface area contributed by atoms with Crippen molar-refractivity contribution >= 4 is 17.4 Å². The zero-order chi connectivity index (χ0) is 15.2. The molecular weight excluding hydrogens is 264 g/mol. The SMILES string of the molecule is CCN(CC)c1cc(-c2cccc(NC(C)=O)c2)ncn1. The van der Waals surface area contributed by atoms with Crippen molar-refractivity contribution in [2.45, 2.75) is 20.8 Å². The lowest BCUT2D eigenvalue weighted by Crippen LogP contribution is -2.22. The Bertz CT molecular complexity index is 623. The van der Waals surface area contributed by atoms with Crippen LogP contribution in [0.1, 0.15) is 20.8 Å². The van der Waals surface area contributed by atoms with Crippen molar-refractivity contribution in [3.8, 4) is 11.3 Å². The summed E-state index contributed by atoms with van der Waals surface area (Å²) in [7, 11) is 0. The van der Waals surface area contributed by atoms with Crippen LogP contribution in [0.25, 0.3) is 11.3 Å². The topological polar surface area (TPSA) is 58.1 Å². The van der Waals surface area contributed by atoms with Gasteiger partial charge in [-0.3, -0.25) is 4.79 Å². The van der Waals surface area contributed by atoms with Gasteiger partial charge in [0.1, 0.15) is 12.1 Å². The smallest absolute Gasteiger partial charge is 0.221 e. The molecule has 1 N–H and O–H groups in total. The summed E-state index contributed by atoms with van der Waals surface area (Å²) in [5.74, 6) is 0.827. The maximum atomic E-state index is 11.1. The van der Waals surface area contributed by atoms with Gasteiger partial charge >= 0.3 is 0 Å². The van der Waals surface area contributed by atoms with Gasteiger partial charge in [0, 0.05) is 37.3 Å². The van der Waals surface area contributed by atoms with Crippen molar-refractivity contribution in [2.75, 3.05) is 23.3 Å². The highest BCUT2D eigenvalue weighted by molar-refractivity contribution is 5.89. The van der Waals surface area contributed by atoms with Crippen molar-refractivity contribution in [1.29, 1.82) is 0 Å². The van der Waals surface area contributed by atoms with Gasteiger partial charge in [-0.25, -0.2) is 9.97 Å². The zero-order valence-electron chi connectivity index (χ0n) is 12.6. The monoisotopic (exact) mass is 284 g/mol. The number of nitrogens with one attached hydrogen (secondary N) is 1. The third-order valence-corrected chi connectivity index (χ3v) is 3.22. The van der Waals surface area contributed by atoms with Crippen LogP contribution in [0.4, 0.5) is 11.5 Å². The molecule has 0 fully saturated rings. The van der Waals surface area contributed by atoms with Gasteiger partial charge < -0.3 is 10.2 Å². The van der Waals surface area contributed by atoms with Gasteiger partial charge in [-0.2, -0.15) is 0 Å². The van der Waals surface area contributed by atoms with Gasteiger partial charge in [-0.15, -0.1) is 0 Å². The van der Waals surface area contributed by atoms with Gasteiger partial charge in [0.05, 0.1) is 5.69 Å². The van der Waals surface area contributed by atoms with Crippen LogP contribution in [0.15, 0.2) is 36.7 Å². The molecule has 0 bridgehead atoms. The Balaban J connectivity index is 2.33. The summed E-state index contributed by atoms with van der Waals surface area (Å²) in [6.07, 6.45) is 1.58. The number of amides is 1. The van der Waals surface area contributed by atoms with E-state index in [1.807, 2.05) is 30.3 Å². The van der Waals surface area contributed by atoms with Crippen molar-refractivity contribution in [1.82, 2.24) is 9.97 Å². The number of carbonyl (C=O) groups excluding carboxylic acids is 1. The van der Waals surface area contributed by atoms with Crippen molar-refractivity contribution < 1.29 is 4.79 Å². The molecular formula is C16H20N4O. The molecule has 0 aliphatic carbocycles. The number of anilines is 2. The van der Waals surface area contributed by atoms with E-state index >= 15 is 0 Å². The quantitative estimate of drug-likeness (QED) is 0.917. The van der Waals surface area contributed by atoms with Crippen molar-refractivity contribution in [3.63, 3.8) is 0 Å². The zero-order valence-corrected chi connectivity index (χ0v) is 12.6. The molecule has 2 aromatic rings. The normalized spacial score (nSPS) is 10.2. The molecule has 0 atom stereocenters. The van der Waals surface area contributed by atoms with Crippen LogP contribution in [0.3, 0.4) is 0 Å². The number of aromatic nitrogens is 2. The molecule has 5 heteroatoms. The number of hydrogen-bond acceptors (Lipinski definition) is 4. The van der Waals surface area contributed by atoms with Crippen LogP contribution >= 0.6 is 0 Å². The largest absolute Gasteiger partial charge is 0.357 e. The molecule has 2 rings (SSSR count). The van der Waals surface area contributed by atoms with Crippen LogP contribution in [0, 0.1) is 0 Å². The van der Waals surface area contributed by atoms with Gasteiger partial charge in [0.2, 0.25) is 5.91 Å². The van der Waals surface area contributed by atoms with Crippen LogP contribution in [-0.2, 0) is 4.79 Å². The first-order valence-corrected chi connectivity index (χ1v) is 7.09. The summed E-state index contributed by atoms with van der Waals surface area (Å²) >= 11 is 0. The van der Waals surface area contributed by atoms with E-state index in [1.54, 1.807) is 6.33 Å². The summed E-state index contributed by atoms with van der Waals surface area (Å²) in [6, 6.07) is 9.62. The lowest BCUT2D eigenvalue weighted by Gasteiger charge is -2.19. The summed E-state index contributed by atoms with van der Waals surface area (Å²) in [5, 5.41) is 2.78. The molecule has 0 aliphatic rings. The highest BCUT2D eigenvalue weighted by Gasteiger charge is 2.07. The Hall–Kier alpha value is -2.43. The first-order valence-electron chi connectivity index (χ1n) is 7.09. The summed E-state index contributed by atoms with van der Waals surface area (Å²) in [4.78, 5) is 22.0. The Morgan fingerprint density at radius 2 is 1.95 bits per heavy atom. The van der Waals surface area contributed by atoms with E-state index in [2.05, 4.69) is 34.0 Å². The first-order chi connectivity index (χ1) is 10.1. The molecule has 1 aromatic heterocycles. The van der Waals surface area contributed by atoms with Gasteiger partial charge in [0.15, 0.2) is 0 Å². The third kappa shape index (κ3) is 3.78. The fourth-order valence-corrected chi connectivity index (χ4v) is 2.18. The predicted molar refractivity (Wildman–Crippen MR) is 85.3 cm³/mol. The van der Waals surface area contributed by atoms with E-state index in [1.165, 1.54) is 6.92 Å². The number of carbonyl (C=O) groups is 1. The minimum absolute atomic E-state index is 0.0846. The van der Waals surface area contributed by atoms with Gasteiger partial charge in [-0.1, -0.05) is 12.1 Å². The maximum Gasteiger partial charge on any atom is 0.221 e. The average Bonchev–Trinajstić information content (AvgIpc) is 2.48. The highest BCUT2D eigenvalue weighted by atomic mass is 16.1. The molecule has 1 amide bonds. The van der Waals surface area contributed by atoms with E-state index in [-0.39, 0.29) is 5.91 Å². The summed E-state index contributed by atoms with van der Waals surface area (Å²) < 4.78 is 0. The van der Waals surface area contributed by atoms with Crippen molar-refractivity contribution in [2.24, 2.45) is 0 Å². The fraction of sp³-hybridized carbons (Fsp3) is 0.312. The minimum Gasteiger partial charge on any atom is -0.357 e. The van der Waals surface area contributed by atoms with Crippen LogP contribution in [0.5, 0.6) is 0 Å². The molecule has 0 radical (unpaired) electrons. The number of hydrogen-bond donors (Lipinski definition) is 1. The molecule has 0 saturated heterocycles. The standard InChI is InChI=1S/C16H20N4O/c1-4-20(5-2)16-10-15(17-11-18-16)13-7-6-8-14(9-13)19-12(3)21/h6-11H,4-5H2,1-3H3,(H,19,21). The molecule has 0 unspecified atom stereocenters. The Labute approximate surface area is 125 Å². The van der Waals surface area contributed by atoms with E-state index in [9.17, 15) is 4.79 Å². The second-order valence-corrected chi connectivity index (χ2v) is 4.70. The second kappa shape index (κ2) is 6.83. The summed E-state index contributed by atoms with van der Waals surface area (Å²) in [5.41, 5.74) is 2.57. The van der Waals surface area contributed by atoms with Crippen LogP contribution in [-0.4, -0.2) is 29.0 Å². The average molecular weight is 284 g/mol. The molecule has 0 spiro atoms. The second-order valence-electron chi connectivity index (χ2n) is 4.70. The van der Waals surface area contributed by atoms with Gasteiger partial charge in [0.25, 0.3) is 0 Å². The predicted octanol–water partition coefficient (Wildman–Crippen LogP) is 2.95. The molecule has 110 valence electrons. The lowest BCUT2D eigenvalue weighted by molar-refractivity contribution is -0.114. The van der Waals surface area contributed by atoms with Crippen molar-refractivity contribution in [3.05, 3.63) is 36.7 Å². The van der Waals surface area contributed by atoms with E-state index in [0.717, 1.165) is 35.9 Å². The molecule has 21 heavy (non-hydrogen) atoms. The molecule has 1 aromatic carbocycles. The molecule has 0 saturated carbocycles. The maximum absolute atomic E-state index is 11.1. The van der Waals surface area contributed by atoms with E-state index in [0.29, 0.717) is 0 Å². The van der Waals surface area contributed by atoms with Crippen LogP contribution < -0.4 is 10.2 Å². The fourth-order valence-electron chi connectivity index (χ4n) is 2.18. The third-order valence-electron chi connectivity index (χ3n) is 3.22. The number of rotatable bonds is 5. The molecule has 1 heterocycles. The molecule has 0 aliphatic heterocycles. The first kappa shape index (κ1) is 15.0. The highest BCUT2D eigenvalue weighted by Crippen LogP contribution is 2.23. The number of nitrogens with zero attached hydrogens (tertiary/aromatic N) is 3. The molecule has 5 nitrogen and oxygen atoms in total. The minimum atomic E-state index is -0.0846. The Morgan fingerprint density at radius 1 is 1.19 bits per heavy atom. The van der Waals surface area contributed by atoms with E-state index in [4.69, 9.17) is 0 Å². The van der Waals surface area contributed by atoms with E-state index < -0.39 is 0 Å². The van der Waals surface area contributed by atoms with Gasteiger partial charge in [-0.05, 0) is 26.0 Å². The number of benzene rings is 1. The Kier molecular flexibility index (Phi) is 4.87. The summed E-state index contributed by atoms with van der Waals surface area (Å²) in [6.45, 7) is 7.50. The Morgan fingerprint density at radius 3 is 2.62 bits per heavy atom.